The summed E-state index contributed by atoms with van der Waals surface area (Å²) < 4.78 is 56.9. The van der Waals surface area contributed by atoms with Crippen LogP contribution in [0.1, 0.15) is 36.2 Å². The standard InChI is InChI=1S/C16H17F2N5O3S2/c1-3-4-28(24,25)23(11-5-10(2)6-19-7-11)9-13-20-8-12(27-13)15-21-22-16(26-15)14(17)18/h5-8,14H,3-4,9H2,1-2H3. The molecule has 3 rings (SSSR count). The SMILES string of the molecule is CCCS(=O)(=O)N(Cc1ncc(-c2nnc(C(F)F)o2)s1)c1cncc(C)c1. The zero-order chi connectivity index (χ0) is 20.3. The van der Waals surface area contributed by atoms with E-state index in [-0.39, 0.29) is 18.2 Å². The van der Waals surface area contributed by atoms with E-state index in [1.807, 2.05) is 6.92 Å². The smallest absolute Gasteiger partial charge is 0.314 e. The lowest BCUT2D eigenvalue weighted by atomic mass is 10.3. The van der Waals surface area contributed by atoms with Crippen molar-refractivity contribution in [1.29, 1.82) is 0 Å². The first-order valence-corrected chi connectivity index (χ1v) is 10.7. The van der Waals surface area contributed by atoms with Crippen LogP contribution in [0.2, 0.25) is 0 Å². The predicted octanol–water partition coefficient (Wildman–Crippen LogP) is 3.58. The average Bonchev–Trinajstić information content (AvgIpc) is 3.29. The van der Waals surface area contributed by atoms with Crippen molar-refractivity contribution in [1.82, 2.24) is 20.2 Å². The van der Waals surface area contributed by atoms with Gasteiger partial charge in [-0.15, -0.1) is 21.5 Å². The number of hydrogen-bond acceptors (Lipinski definition) is 8. The Labute approximate surface area is 164 Å². The van der Waals surface area contributed by atoms with E-state index in [0.29, 0.717) is 22.0 Å². The van der Waals surface area contributed by atoms with Crippen molar-refractivity contribution < 1.29 is 21.6 Å². The molecule has 0 N–H and O–H groups in total. The zero-order valence-corrected chi connectivity index (χ0v) is 16.7. The summed E-state index contributed by atoms with van der Waals surface area (Å²) in [5.41, 5.74) is 1.25. The molecule has 12 heteroatoms. The van der Waals surface area contributed by atoms with Gasteiger partial charge in [0.2, 0.25) is 10.0 Å². The number of nitrogens with zero attached hydrogens (tertiary/aromatic N) is 5. The van der Waals surface area contributed by atoms with Gasteiger partial charge in [-0.25, -0.2) is 13.4 Å². The molecule has 0 amide bonds. The summed E-state index contributed by atoms with van der Waals surface area (Å²) in [6.07, 6.45) is 2.09. The molecule has 0 aromatic carbocycles. The minimum absolute atomic E-state index is 0.0199. The van der Waals surface area contributed by atoms with E-state index in [1.54, 1.807) is 19.2 Å². The van der Waals surface area contributed by atoms with Gasteiger partial charge >= 0.3 is 6.43 Å². The van der Waals surface area contributed by atoms with Crippen molar-refractivity contribution in [3.05, 3.63) is 41.1 Å². The second-order valence-corrected chi connectivity index (χ2v) is 9.04. The second-order valence-electron chi connectivity index (χ2n) is 5.91. The molecule has 0 radical (unpaired) electrons. The Morgan fingerprint density at radius 3 is 2.68 bits per heavy atom. The fourth-order valence-electron chi connectivity index (χ4n) is 2.42. The lowest BCUT2D eigenvalue weighted by Crippen LogP contribution is -2.32. The molecule has 0 saturated heterocycles. The van der Waals surface area contributed by atoms with Crippen molar-refractivity contribution in [3.63, 3.8) is 0 Å². The Morgan fingerprint density at radius 1 is 1.25 bits per heavy atom. The van der Waals surface area contributed by atoms with Crippen molar-refractivity contribution in [2.75, 3.05) is 10.1 Å². The third-order valence-corrected chi connectivity index (χ3v) is 6.52. The molecule has 3 heterocycles. The Kier molecular flexibility index (Phi) is 5.98. The van der Waals surface area contributed by atoms with Crippen LogP contribution >= 0.6 is 11.3 Å². The number of hydrogen-bond donors (Lipinski definition) is 0. The predicted molar refractivity (Wildman–Crippen MR) is 99.6 cm³/mol. The highest BCUT2D eigenvalue weighted by Crippen LogP contribution is 2.30. The molecule has 0 aliphatic rings. The van der Waals surface area contributed by atoms with Gasteiger partial charge in [-0.3, -0.25) is 9.29 Å². The highest BCUT2D eigenvalue weighted by atomic mass is 32.2. The van der Waals surface area contributed by atoms with Crippen molar-refractivity contribution in [3.8, 4) is 10.8 Å². The average molecular weight is 429 g/mol. The van der Waals surface area contributed by atoms with E-state index >= 15 is 0 Å². The van der Waals surface area contributed by atoms with Crippen LogP contribution in [0, 0.1) is 6.92 Å². The lowest BCUT2D eigenvalue weighted by molar-refractivity contribution is 0.116. The Balaban J connectivity index is 1.90. The van der Waals surface area contributed by atoms with Gasteiger partial charge in [-0.05, 0) is 25.0 Å². The summed E-state index contributed by atoms with van der Waals surface area (Å²) in [4.78, 5) is 8.63. The summed E-state index contributed by atoms with van der Waals surface area (Å²) in [6.45, 7) is 3.58. The monoisotopic (exact) mass is 429 g/mol. The molecule has 0 aliphatic heterocycles. The van der Waals surface area contributed by atoms with Gasteiger partial charge in [0, 0.05) is 6.20 Å². The van der Waals surface area contributed by atoms with Gasteiger partial charge in [0.05, 0.1) is 30.4 Å². The molecule has 0 bridgehead atoms. The summed E-state index contributed by atoms with van der Waals surface area (Å²) in [6, 6.07) is 1.72. The Bertz CT molecular complexity index is 1050. The fourth-order valence-corrected chi connectivity index (χ4v) is 4.81. The molecule has 0 saturated carbocycles. The van der Waals surface area contributed by atoms with E-state index in [4.69, 9.17) is 4.42 Å². The Hall–Kier alpha value is -2.47. The molecule has 0 fully saturated rings. The molecular formula is C16H17F2N5O3S2. The van der Waals surface area contributed by atoms with E-state index in [9.17, 15) is 17.2 Å². The molecule has 3 aromatic rings. The van der Waals surface area contributed by atoms with Gasteiger partial charge in [-0.1, -0.05) is 6.92 Å². The number of pyridine rings is 1. The maximum Gasteiger partial charge on any atom is 0.314 e. The number of rotatable bonds is 8. The van der Waals surface area contributed by atoms with Gasteiger partial charge in [0.15, 0.2) is 0 Å². The van der Waals surface area contributed by atoms with Crippen LogP contribution in [0.3, 0.4) is 0 Å². The number of aromatic nitrogens is 4. The molecule has 0 spiro atoms. The highest BCUT2D eigenvalue weighted by molar-refractivity contribution is 7.92. The lowest BCUT2D eigenvalue weighted by Gasteiger charge is -2.23. The first-order chi connectivity index (χ1) is 13.3. The molecular weight excluding hydrogens is 412 g/mol. The number of thiazole rings is 1. The third kappa shape index (κ3) is 4.50. The van der Waals surface area contributed by atoms with E-state index in [0.717, 1.165) is 16.9 Å². The molecule has 0 atom stereocenters. The summed E-state index contributed by atoms with van der Waals surface area (Å²) in [5, 5.41) is 7.31. The van der Waals surface area contributed by atoms with E-state index in [1.165, 1.54) is 16.7 Å². The summed E-state index contributed by atoms with van der Waals surface area (Å²) >= 11 is 1.09. The van der Waals surface area contributed by atoms with Crippen LogP contribution in [0.5, 0.6) is 0 Å². The molecule has 3 aromatic heterocycles. The van der Waals surface area contributed by atoms with Crippen LogP contribution in [0.25, 0.3) is 10.8 Å². The van der Waals surface area contributed by atoms with Gasteiger partial charge in [0.25, 0.3) is 11.8 Å². The largest absolute Gasteiger partial charge is 0.414 e. The zero-order valence-electron chi connectivity index (χ0n) is 15.0. The second kappa shape index (κ2) is 8.27. The molecule has 0 aliphatic carbocycles. The van der Waals surface area contributed by atoms with Crippen LogP contribution in [-0.2, 0) is 16.6 Å². The normalized spacial score (nSPS) is 11.9. The number of sulfonamides is 1. The molecule has 150 valence electrons. The number of halogens is 2. The molecule has 28 heavy (non-hydrogen) atoms. The minimum atomic E-state index is -3.59. The van der Waals surface area contributed by atoms with Gasteiger partial charge in [0.1, 0.15) is 9.88 Å². The van der Waals surface area contributed by atoms with Crippen molar-refractivity contribution >= 4 is 27.0 Å². The highest BCUT2D eigenvalue weighted by Gasteiger charge is 2.25. The van der Waals surface area contributed by atoms with E-state index < -0.39 is 22.3 Å². The van der Waals surface area contributed by atoms with E-state index in [2.05, 4.69) is 20.2 Å². The number of aryl methyl sites for hydroxylation is 1. The maximum atomic E-state index is 12.8. The van der Waals surface area contributed by atoms with Crippen LogP contribution in [0.4, 0.5) is 14.5 Å². The minimum Gasteiger partial charge on any atom is -0.414 e. The Morgan fingerprint density at radius 2 is 2.04 bits per heavy atom. The number of alkyl halides is 2. The molecule has 0 unspecified atom stereocenters. The van der Waals surface area contributed by atoms with Gasteiger partial charge in [-0.2, -0.15) is 8.78 Å². The van der Waals surface area contributed by atoms with Crippen molar-refractivity contribution in [2.45, 2.75) is 33.2 Å². The molecule has 8 nitrogen and oxygen atoms in total. The first kappa shape index (κ1) is 20.3. The fraction of sp³-hybridized carbons (Fsp3) is 0.375. The summed E-state index contributed by atoms with van der Waals surface area (Å²) in [7, 11) is -3.59. The number of anilines is 1. The van der Waals surface area contributed by atoms with Crippen LogP contribution in [-0.4, -0.2) is 34.3 Å². The van der Waals surface area contributed by atoms with Crippen LogP contribution < -0.4 is 4.31 Å². The van der Waals surface area contributed by atoms with Crippen LogP contribution in [0.15, 0.2) is 29.1 Å². The maximum absolute atomic E-state index is 12.8. The third-order valence-electron chi connectivity index (χ3n) is 3.62. The van der Waals surface area contributed by atoms with Crippen molar-refractivity contribution in [2.24, 2.45) is 0 Å². The summed E-state index contributed by atoms with van der Waals surface area (Å²) in [5.74, 6) is -0.886. The van der Waals surface area contributed by atoms with Gasteiger partial charge < -0.3 is 4.42 Å². The quantitative estimate of drug-likeness (QED) is 0.539. The topological polar surface area (TPSA) is 102 Å². The first-order valence-electron chi connectivity index (χ1n) is 8.29.